The van der Waals surface area contributed by atoms with Crippen molar-refractivity contribution >= 4 is 27.5 Å². The molecule has 2 aromatic rings. The highest BCUT2D eigenvalue weighted by Crippen LogP contribution is 2.27. The zero-order valence-electron chi connectivity index (χ0n) is 14.8. The number of rotatable bonds is 6. The van der Waals surface area contributed by atoms with E-state index in [1.807, 2.05) is 48.7 Å². The largest absolute Gasteiger partial charge is 0.338 e. The van der Waals surface area contributed by atoms with Crippen molar-refractivity contribution in [3.63, 3.8) is 0 Å². The van der Waals surface area contributed by atoms with Crippen LogP contribution >= 0.6 is 11.8 Å². The Labute approximate surface area is 157 Å². The maximum absolute atomic E-state index is 12.9. The number of hydrogen-bond acceptors (Lipinski definition) is 6. The summed E-state index contributed by atoms with van der Waals surface area (Å²) < 4.78 is 25.3. The predicted molar refractivity (Wildman–Crippen MR) is 101 cm³/mol. The summed E-state index contributed by atoms with van der Waals surface area (Å²) in [5.74, 6) is 0.150. The monoisotopic (exact) mass is 394 g/mol. The van der Waals surface area contributed by atoms with Crippen molar-refractivity contribution < 1.29 is 13.2 Å². The summed E-state index contributed by atoms with van der Waals surface area (Å²) >= 11 is 1.33. The van der Waals surface area contributed by atoms with Crippen LogP contribution in [0.25, 0.3) is 5.69 Å². The van der Waals surface area contributed by atoms with Gasteiger partial charge in [-0.25, -0.2) is 8.42 Å². The molecule has 1 aromatic carbocycles. The number of benzene rings is 1. The van der Waals surface area contributed by atoms with E-state index in [0.717, 1.165) is 5.69 Å². The molecule has 0 aliphatic carbocycles. The fraction of sp³-hybridized carbons (Fsp3) is 0.471. The topological polar surface area (TPSA) is 85.2 Å². The molecule has 1 amide bonds. The second-order valence-electron chi connectivity index (χ2n) is 6.26. The highest BCUT2D eigenvalue weighted by molar-refractivity contribution is 8.00. The van der Waals surface area contributed by atoms with Gasteiger partial charge in [-0.2, -0.15) is 0 Å². The molecule has 9 heteroatoms. The van der Waals surface area contributed by atoms with Crippen LogP contribution in [0.2, 0.25) is 0 Å². The highest BCUT2D eigenvalue weighted by atomic mass is 32.2. The third-order valence-electron chi connectivity index (χ3n) is 4.45. The second kappa shape index (κ2) is 7.79. The Morgan fingerprint density at radius 1 is 1.38 bits per heavy atom. The molecular formula is C17H22N4O3S2. The van der Waals surface area contributed by atoms with Gasteiger partial charge in [-0.05, 0) is 32.4 Å². The molecule has 3 rings (SSSR count). The van der Waals surface area contributed by atoms with Gasteiger partial charge in [0.1, 0.15) is 6.33 Å². The minimum atomic E-state index is -3.03. The maximum Gasteiger partial charge on any atom is 0.236 e. The summed E-state index contributed by atoms with van der Waals surface area (Å²) in [6.07, 6.45) is 2.13. The number of nitrogens with zero attached hydrogens (tertiary/aromatic N) is 4. The molecule has 1 saturated heterocycles. The number of para-hydroxylation sites is 1. The number of carbonyl (C=O) groups excluding carboxylic acids is 1. The first-order valence-electron chi connectivity index (χ1n) is 8.54. The smallest absolute Gasteiger partial charge is 0.236 e. The van der Waals surface area contributed by atoms with Crippen LogP contribution in [0.4, 0.5) is 0 Å². The molecule has 1 aromatic heterocycles. The Morgan fingerprint density at radius 2 is 2.12 bits per heavy atom. The standard InChI is InChI=1S/C17H22N4O3S2/c1-3-20(15-9-10-26(23,24)11-15)16(22)13(2)25-17-19-18-12-21(17)14-7-5-4-6-8-14/h4-8,12-13,15H,3,9-11H2,1-2H3/t13-,15+/m0/s1. The van der Waals surface area contributed by atoms with E-state index in [1.54, 1.807) is 11.2 Å². The number of thioether (sulfide) groups is 1. The minimum Gasteiger partial charge on any atom is -0.338 e. The van der Waals surface area contributed by atoms with Gasteiger partial charge in [0.05, 0.1) is 16.8 Å². The van der Waals surface area contributed by atoms with Crippen molar-refractivity contribution in [3.05, 3.63) is 36.7 Å². The molecule has 1 fully saturated rings. The van der Waals surface area contributed by atoms with Crippen molar-refractivity contribution in [2.75, 3.05) is 18.1 Å². The van der Waals surface area contributed by atoms with Crippen molar-refractivity contribution in [1.29, 1.82) is 0 Å². The fourth-order valence-corrected chi connectivity index (χ4v) is 5.77. The Bertz CT molecular complexity index is 867. The van der Waals surface area contributed by atoms with Crippen LogP contribution in [0.5, 0.6) is 0 Å². The summed E-state index contributed by atoms with van der Waals surface area (Å²) in [5, 5.41) is 8.34. The number of hydrogen-bond donors (Lipinski definition) is 0. The number of carbonyl (C=O) groups is 1. The van der Waals surface area contributed by atoms with E-state index in [2.05, 4.69) is 10.2 Å². The van der Waals surface area contributed by atoms with E-state index < -0.39 is 9.84 Å². The SMILES string of the molecule is CCN(C(=O)[C@H](C)Sc1nncn1-c1ccccc1)[C@@H]1CCS(=O)(=O)C1. The van der Waals surface area contributed by atoms with Gasteiger partial charge >= 0.3 is 0 Å². The van der Waals surface area contributed by atoms with E-state index in [-0.39, 0.29) is 28.7 Å². The summed E-state index contributed by atoms with van der Waals surface area (Å²) in [4.78, 5) is 14.6. The minimum absolute atomic E-state index is 0.0597. The summed E-state index contributed by atoms with van der Waals surface area (Å²) in [5.41, 5.74) is 0.925. The highest BCUT2D eigenvalue weighted by Gasteiger charge is 2.35. The van der Waals surface area contributed by atoms with Crippen LogP contribution in [-0.2, 0) is 14.6 Å². The van der Waals surface area contributed by atoms with Crippen molar-refractivity contribution in [3.8, 4) is 5.69 Å². The maximum atomic E-state index is 12.9. The normalized spacial score (nSPS) is 20.0. The van der Waals surface area contributed by atoms with Gasteiger partial charge in [0.15, 0.2) is 15.0 Å². The first kappa shape index (κ1) is 18.9. The first-order chi connectivity index (χ1) is 12.4. The van der Waals surface area contributed by atoms with Gasteiger partial charge in [0.25, 0.3) is 0 Å². The molecule has 0 N–H and O–H groups in total. The second-order valence-corrected chi connectivity index (χ2v) is 9.80. The van der Waals surface area contributed by atoms with Gasteiger partial charge < -0.3 is 4.90 Å². The zero-order valence-corrected chi connectivity index (χ0v) is 16.4. The Hall–Kier alpha value is -1.87. The van der Waals surface area contributed by atoms with Gasteiger partial charge in [0, 0.05) is 18.3 Å². The molecule has 0 radical (unpaired) electrons. The zero-order chi connectivity index (χ0) is 18.7. The van der Waals surface area contributed by atoms with Crippen molar-refractivity contribution in [1.82, 2.24) is 19.7 Å². The Kier molecular flexibility index (Phi) is 5.67. The van der Waals surface area contributed by atoms with Crippen LogP contribution in [-0.4, -0.2) is 63.3 Å². The summed E-state index contributed by atoms with van der Waals surface area (Å²) in [7, 11) is -3.03. The molecule has 0 spiro atoms. The van der Waals surface area contributed by atoms with Gasteiger partial charge in [0.2, 0.25) is 5.91 Å². The molecule has 140 valence electrons. The van der Waals surface area contributed by atoms with Gasteiger partial charge in [-0.15, -0.1) is 10.2 Å². The summed E-state index contributed by atoms with van der Waals surface area (Å²) in [6.45, 7) is 4.20. The molecule has 2 heterocycles. The van der Waals surface area contributed by atoms with Crippen LogP contribution < -0.4 is 0 Å². The first-order valence-corrected chi connectivity index (χ1v) is 11.2. The lowest BCUT2D eigenvalue weighted by molar-refractivity contribution is -0.131. The van der Waals surface area contributed by atoms with Crippen molar-refractivity contribution in [2.45, 2.75) is 36.7 Å². The Morgan fingerprint density at radius 3 is 2.73 bits per heavy atom. The number of sulfone groups is 1. The molecule has 2 atom stereocenters. The molecule has 0 saturated carbocycles. The lowest BCUT2D eigenvalue weighted by Crippen LogP contribution is -2.44. The molecule has 7 nitrogen and oxygen atoms in total. The van der Waals surface area contributed by atoms with E-state index in [1.165, 1.54) is 11.8 Å². The molecule has 1 aliphatic heterocycles. The predicted octanol–water partition coefficient (Wildman–Crippen LogP) is 1.78. The lowest BCUT2D eigenvalue weighted by atomic mass is 10.2. The van der Waals surface area contributed by atoms with E-state index >= 15 is 0 Å². The Balaban J connectivity index is 1.73. The number of amides is 1. The molecule has 0 unspecified atom stereocenters. The third kappa shape index (κ3) is 4.09. The van der Waals surface area contributed by atoms with Crippen LogP contribution in [0.1, 0.15) is 20.3 Å². The van der Waals surface area contributed by atoms with E-state index in [4.69, 9.17) is 0 Å². The quantitative estimate of drug-likeness (QED) is 0.695. The van der Waals surface area contributed by atoms with Gasteiger partial charge in [-0.1, -0.05) is 30.0 Å². The average molecular weight is 395 g/mol. The van der Waals surface area contributed by atoms with Crippen LogP contribution in [0, 0.1) is 0 Å². The van der Waals surface area contributed by atoms with E-state index in [0.29, 0.717) is 18.1 Å². The lowest BCUT2D eigenvalue weighted by Gasteiger charge is -2.29. The van der Waals surface area contributed by atoms with Crippen molar-refractivity contribution in [2.24, 2.45) is 0 Å². The molecule has 0 bridgehead atoms. The van der Waals surface area contributed by atoms with Gasteiger partial charge in [-0.3, -0.25) is 9.36 Å². The fourth-order valence-electron chi connectivity index (χ4n) is 3.13. The molecule has 26 heavy (non-hydrogen) atoms. The van der Waals surface area contributed by atoms with E-state index in [9.17, 15) is 13.2 Å². The third-order valence-corrected chi connectivity index (χ3v) is 7.25. The summed E-state index contributed by atoms with van der Waals surface area (Å²) in [6, 6.07) is 9.45. The molecule has 1 aliphatic rings. The van der Waals surface area contributed by atoms with Crippen LogP contribution in [0.3, 0.4) is 0 Å². The molecular weight excluding hydrogens is 372 g/mol. The average Bonchev–Trinajstić information content (AvgIpc) is 3.22. The number of aromatic nitrogens is 3. The van der Waals surface area contributed by atoms with Crippen LogP contribution in [0.15, 0.2) is 41.8 Å².